The van der Waals surface area contributed by atoms with E-state index in [9.17, 15) is 9.59 Å². The van der Waals surface area contributed by atoms with Gasteiger partial charge in [0.2, 0.25) is 5.91 Å². The van der Waals surface area contributed by atoms with Crippen LogP contribution in [0.5, 0.6) is 0 Å². The predicted molar refractivity (Wildman–Crippen MR) is 88.1 cm³/mol. The fourth-order valence-electron chi connectivity index (χ4n) is 3.15. The molecule has 2 fully saturated rings. The normalized spacial score (nSPS) is 21.2. The van der Waals surface area contributed by atoms with Crippen molar-refractivity contribution in [1.82, 2.24) is 0 Å². The van der Waals surface area contributed by atoms with Gasteiger partial charge in [0.25, 0.3) is 0 Å². The monoisotopic (exact) mass is 311 g/mol. The standard InChI is InChI=1S/C10H18O2.C8H15NO/c1-5-12-8(11)10(6-7-10)9(2,3)4;1-7(2,3)8(4-5-8)6(9)10/h5-7H2,1-4H3;4-5H2,1-3H3,(H2,9,10). The highest BCUT2D eigenvalue weighted by Crippen LogP contribution is 2.59. The highest BCUT2D eigenvalue weighted by molar-refractivity contribution is 5.84. The molecule has 0 unspecified atom stereocenters. The first-order valence-electron chi connectivity index (χ1n) is 8.31. The lowest BCUT2D eigenvalue weighted by Gasteiger charge is -2.28. The smallest absolute Gasteiger partial charge is 0.312 e. The van der Waals surface area contributed by atoms with Gasteiger partial charge in [-0.15, -0.1) is 0 Å². The molecule has 2 aliphatic carbocycles. The van der Waals surface area contributed by atoms with Gasteiger partial charge < -0.3 is 10.5 Å². The Balaban J connectivity index is 0.000000224. The molecule has 128 valence electrons. The largest absolute Gasteiger partial charge is 0.466 e. The molecule has 0 atom stereocenters. The van der Waals surface area contributed by atoms with Gasteiger partial charge >= 0.3 is 5.97 Å². The quantitative estimate of drug-likeness (QED) is 0.808. The number of primary amides is 1. The zero-order valence-electron chi connectivity index (χ0n) is 15.3. The molecule has 2 rings (SSSR count). The number of hydrogen-bond donors (Lipinski definition) is 1. The van der Waals surface area contributed by atoms with E-state index in [0.717, 1.165) is 25.7 Å². The summed E-state index contributed by atoms with van der Waals surface area (Å²) < 4.78 is 5.06. The first-order valence-corrected chi connectivity index (χ1v) is 8.31. The zero-order valence-corrected chi connectivity index (χ0v) is 15.3. The molecule has 0 aromatic rings. The SMILES string of the molecule is CC(C)(C)C1(C(N)=O)CC1.CCOC(=O)C1(C(C)(C)C)CC1. The second-order valence-electron chi connectivity index (χ2n) is 8.75. The molecule has 0 spiro atoms. The molecule has 0 radical (unpaired) electrons. The third kappa shape index (κ3) is 3.47. The van der Waals surface area contributed by atoms with Crippen molar-refractivity contribution < 1.29 is 14.3 Å². The molecule has 0 aliphatic heterocycles. The van der Waals surface area contributed by atoms with Crippen LogP contribution < -0.4 is 5.73 Å². The van der Waals surface area contributed by atoms with Crippen molar-refractivity contribution in [3.8, 4) is 0 Å². The molecule has 1 amide bonds. The van der Waals surface area contributed by atoms with Crippen molar-refractivity contribution in [2.24, 2.45) is 27.4 Å². The average molecular weight is 311 g/mol. The van der Waals surface area contributed by atoms with Crippen molar-refractivity contribution in [1.29, 1.82) is 0 Å². The minimum atomic E-state index is -0.174. The van der Waals surface area contributed by atoms with Crippen molar-refractivity contribution in [2.45, 2.75) is 74.1 Å². The molecule has 0 aromatic heterocycles. The Bertz CT molecular complexity index is 432. The van der Waals surface area contributed by atoms with Crippen LogP contribution in [0.1, 0.15) is 74.1 Å². The first-order chi connectivity index (χ1) is 9.84. The fraction of sp³-hybridized carbons (Fsp3) is 0.889. The van der Waals surface area contributed by atoms with Crippen molar-refractivity contribution in [3.05, 3.63) is 0 Å². The van der Waals surface area contributed by atoms with Gasteiger partial charge in [0.05, 0.1) is 17.4 Å². The fourth-order valence-corrected chi connectivity index (χ4v) is 3.15. The van der Waals surface area contributed by atoms with E-state index in [4.69, 9.17) is 10.5 Å². The summed E-state index contributed by atoms with van der Waals surface area (Å²) in [6, 6.07) is 0. The number of ether oxygens (including phenoxy) is 1. The van der Waals surface area contributed by atoms with E-state index in [1.807, 2.05) is 6.92 Å². The van der Waals surface area contributed by atoms with Crippen LogP contribution in [0.3, 0.4) is 0 Å². The van der Waals surface area contributed by atoms with Gasteiger partial charge in [0.15, 0.2) is 0 Å². The van der Waals surface area contributed by atoms with Gasteiger partial charge in [-0.25, -0.2) is 0 Å². The van der Waals surface area contributed by atoms with Crippen molar-refractivity contribution >= 4 is 11.9 Å². The van der Waals surface area contributed by atoms with Crippen LogP contribution in [0.25, 0.3) is 0 Å². The lowest BCUT2D eigenvalue weighted by Crippen LogP contribution is -2.35. The third-order valence-corrected chi connectivity index (χ3v) is 5.51. The Labute approximate surface area is 135 Å². The van der Waals surface area contributed by atoms with Gasteiger partial charge in [-0.1, -0.05) is 41.5 Å². The Hall–Kier alpha value is -1.06. The molecular formula is C18H33NO3. The van der Waals surface area contributed by atoms with E-state index < -0.39 is 0 Å². The maximum atomic E-state index is 11.6. The number of hydrogen-bond acceptors (Lipinski definition) is 3. The van der Waals surface area contributed by atoms with E-state index in [2.05, 4.69) is 41.5 Å². The number of carbonyl (C=O) groups is 2. The van der Waals surface area contributed by atoms with Gasteiger partial charge in [-0.05, 0) is 43.4 Å². The van der Waals surface area contributed by atoms with Crippen LogP contribution in [-0.2, 0) is 14.3 Å². The summed E-state index contributed by atoms with van der Waals surface area (Å²) >= 11 is 0. The highest BCUT2D eigenvalue weighted by atomic mass is 16.5. The van der Waals surface area contributed by atoms with Gasteiger partial charge in [0.1, 0.15) is 0 Å². The summed E-state index contributed by atoms with van der Waals surface area (Å²) in [6.07, 6.45) is 3.95. The summed E-state index contributed by atoms with van der Waals surface area (Å²) in [5.74, 6) is -0.127. The number of amides is 1. The summed E-state index contributed by atoms with van der Waals surface area (Å²) in [4.78, 5) is 22.5. The molecule has 0 bridgehead atoms. The maximum absolute atomic E-state index is 11.6. The molecule has 4 heteroatoms. The molecule has 0 saturated heterocycles. The minimum Gasteiger partial charge on any atom is -0.466 e. The highest BCUT2D eigenvalue weighted by Gasteiger charge is 2.59. The average Bonchev–Trinajstić information content (AvgIpc) is 3.20. The van der Waals surface area contributed by atoms with E-state index >= 15 is 0 Å². The molecule has 4 nitrogen and oxygen atoms in total. The molecule has 2 saturated carbocycles. The minimum absolute atomic E-state index is 0.00231. The van der Waals surface area contributed by atoms with Crippen LogP contribution in [-0.4, -0.2) is 18.5 Å². The van der Waals surface area contributed by atoms with Crippen molar-refractivity contribution in [3.63, 3.8) is 0 Å². The van der Waals surface area contributed by atoms with Crippen LogP contribution in [0.2, 0.25) is 0 Å². The Kier molecular flexibility index (Phi) is 5.06. The Morgan fingerprint density at radius 2 is 1.27 bits per heavy atom. The topological polar surface area (TPSA) is 69.4 Å². The number of carbonyl (C=O) groups excluding carboxylic acids is 2. The number of rotatable bonds is 3. The van der Waals surface area contributed by atoms with E-state index in [1.54, 1.807) is 0 Å². The predicted octanol–water partition coefficient (Wildman–Crippen LogP) is 3.67. The molecule has 2 N–H and O–H groups in total. The van der Waals surface area contributed by atoms with E-state index in [1.165, 1.54) is 0 Å². The lowest BCUT2D eigenvalue weighted by molar-refractivity contribution is -0.154. The molecule has 0 heterocycles. The summed E-state index contributed by atoms with van der Waals surface area (Å²) in [5, 5.41) is 0. The second kappa shape index (κ2) is 5.86. The number of esters is 1. The Morgan fingerprint density at radius 1 is 0.909 bits per heavy atom. The first kappa shape index (κ1) is 19.0. The summed E-state index contributed by atoms with van der Waals surface area (Å²) in [5.41, 5.74) is 5.05. The van der Waals surface area contributed by atoms with Gasteiger partial charge in [0, 0.05) is 0 Å². The van der Waals surface area contributed by atoms with Crippen LogP contribution in [0.15, 0.2) is 0 Å². The lowest BCUT2D eigenvalue weighted by atomic mass is 9.77. The van der Waals surface area contributed by atoms with Gasteiger partial charge in [-0.3, -0.25) is 9.59 Å². The zero-order chi connectivity index (χ0) is 17.4. The molecular weight excluding hydrogens is 278 g/mol. The molecule has 2 aliphatic rings. The van der Waals surface area contributed by atoms with Crippen LogP contribution in [0.4, 0.5) is 0 Å². The molecule has 0 aromatic carbocycles. The van der Waals surface area contributed by atoms with Crippen LogP contribution in [0, 0.1) is 21.7 Å². The summed E-state index contributed by atoms with van der Waals surface area (Å²) in [6.45, 7) is 14.9. The van der Waals surface area contributed by atoms with E-state index in [0.29, 0.717) is 6.61 Å². The number of nitrogens with two attached hydrogens (primary N) is 1. The maximum Gasteiger partial charge on any atom is 0.312 e. The van der Waals surface area contributed by atoms with Crippen molar-refractivity contribution in [2.75, 3.05) is 6.61 Å². The third-order valence-electron chi connectivity index (χ3n) is 5.51. The second-order valence-corrected chi connectivity index (χ2v) is 8.75. The van der Waals surface area contributed by atoms with Gasteiger partial charge in [-0.2, -0.15) is 0 Å². The molecule has 22 heavy (non-hydrogen) atoms. The Morgan fingerprint density at radius 3 is 1.41 bits per heavy atom. The summed E-state index contributed by atoms with van der Waals surface area (Å²) in [7, 11) is 0. The van der Waals surface area contributed by atoms with Crippen LogP contribution >= 0.6 is 0 Å². The van der Waals surface area contributed by atoms with E-state index in [-0.39, 0.29) is 33.5 Å².